The zero-order valence-corrected chi connectivity index (χ0v) is 12.8. The van der Waals surface area contributed by atoms with Crippen molar-refractivity contribution in [2.75, 3.05) is 6.54 Å². The van der Waals surface area contributed by atoms with Crippen LogP contribution >= 0.6 is 0 Å². The molecule has 0 amide bonds. The van der Waals surface area contributed by atoms with Gasteiger partial charge in [-0.1, -0.05) is 61.5 Å². The highest BCUT2D eigenvalue weighted by Gasteiger charge is 2.14. The molecule has 2 nitrogen and oxygen atoms in total. The molecule has 0 aliphatic carbocycles. The number of hydrogen-bond donors (Lipinski definition) is 1. The van der Waals surface area contributed by atoms with Gasteiger partial charge in [-0.25, -0.2) is 0 Å². The van der Waals surface area contributed by atoms with E-state index in [0.29, 0.717) is 0 Å². The van der Waals surface area contributed by atoms with Crippen LogP contribution in [0.15, 0.2) is 54.6 Å². The van der Waals surface area contributed by atoms with E-state index in [9.17, 15) is 4.79 Å². The van der Waals surface area contributed by atoms with Crippen molar-refractivity contribution in [2.45, 2.75) is 32.7 Å². The molecular weight excluding hydrogens is 258 g/mol. The maximum atomic E-state index is 12.3. The Balaban J connectivity index is 1.84. The monoisotopic (exact) mass is 281 g/mol. The lowest BCUT2D eigenvalue weighted by atomic mass is 10.0. The number of carbonyl (C=O) groups excluding carboxylic acids is 1. The summed E-state index contributed by atoms with van der Waals surface area (Å²) in [7, 11) is 0. The SMILES string of the molecule is CCc1ccc(C(=O)C(C)NCCc2ccccc2)cc1. The number of hydrogen-bond acceptors (Lipinski definition) is 2. The van der Waals surface area contributed by atoms with Crippen molar-refractivity contribution < 1.29 is 4.79 Å². The van der Waals surface area contributed by atoms with E-state index in [-0.39, 0.29) is 11.8 Å². The number of rotatable bonds is 7. The number of Topliss-reactive ketones (excluding diaryl/α,β-unsaturated/α-hetero) is 1. The Hall–Kier alpha value is -1.93. The molecule has 1 unspecified atom stereocenters. The van der Waals surface area contributed by atoms with Gasteiger partial charge >= 0.3 is 0 Å². The second kappa shape index (κ2) is 7.75. The van der Waals surface area contributed by atoms with Gasteiger partial charge in [0, 0.05) is 5.56 Å². The summed E-state index contributed by atoms with van der Waals surface area (Å²) in [6.07, 6.45) is 1.94. The van der Waals surface area contributed by atoms with Crippen molar-refractivity contribution >= 4 is 5.78 Å². The summed E-state index contributed by atoms with van der Waals surface area (Å²) >= 11 is 0. The van der Waals surface area contributed by atoms with Gasteiger partial charge in [-0.15, -0.1) is 0 Å². The molecule has 2 aromatic carbocycles. The van der Waals surface area contributed by atoms with E-state index in [4.69, 9.17) is 0 Å². The smallest absolute Gasteiger partial charge is 0.179 e. The molecule has 0 heterocycles. The topological polar surface area (TPSA) is 29.1 Å². The number of nitrogens with one attached hydrogen (secondary N) is 1. The maximum Gasteiger partial charge on any atom is 0.179 e. The lowest BCUT2D eigenvalue weighted by molar-refractivity contribution is 0.0951. The molecule has 2 rings (SSSR count). The largest absolute Gasteiger partial charge is 0.307 e. The first-order valence-electron chi connectivity index (χ1n) is 7.61. The van der Waals surface area contributed by atoms with Crippen LogP contribution in [0.25, 0.3) is 0 Å². The lowest BCUT2D eigenvalue weighted by Gasteiger charge is -2.13. The van der Waals surface area contributed by atoms with Crippen molar-refractivity contribution in [3.63, 3.8) is 0 Å². The van der Waals surface area contributed by atoms with Crippen molar-refractivity contribution in [3.05, 3.63) is 71.3 Å². The summed E-state index contributed by atoms with van der Waals surface area (Å²) in [5.74, 6) is 0.158. The van der Waals surface area contributed by atoms with Crippen LogP contribution in [0, 0.1) is 0 Å². The van der Waals surface area contributed by atoms with Crippen LogP contribution < -0.4 is 5.32 Å². The first-order chi connectivity index (χ1) is 10.2. The third-order valence-electron chi connectivity index (χ3n) is 3.75. The van der Waals surface area contributed by atoms with Crippen molar-refractivity contribution in [1.29, 1.82) is 0 Å². The predicted octanol–water partition coefficient (Wildman–Crippen LogP) is 3.65. The van der Waals surface area contributed by atoms with E-state index in [0.717, 1.165) is 24.9 Å². The minimum absolute atomic E-state index is 0.152. The highest BCUT2D eigenvalue weighted by molar-refractivity contribution is 5.99. The van der Waals surface area contributed by atoms with Crippen molar-refractivity contribution in [2.24, 2.45) is 0 Å². The highest BCUT2D eigenvalue weighted by Crippen LogP contribution is 2.08. The molecule has 1 N–H and O–H groups in total. The third-order valence-corrected chi connectivity index (χ3v) is 3.75. The fourth-order valence-electron chi connectivity index (χ4n) is 2.33. The standard InChI is InChI=1S/C19H23NO/c1-3-16-9-11-18(12-10-16)19(21)15(2)20-14-13-17-7-5-4-6-8-17/h4-12,15,20H,3,13-14H2,1-2H3. The fraction of sp³-hybridized carbons (Fsp3) is 0.316. The third kappa shape index (κ3) is 4.54. The Morgan fingerprint density at radius 3 is 2.29 bits per heavy atom. The summed E-state index contributed by atoms with van der Waals surface area (Å²) < 4.78 is 0. The van der Waals surface area contributed by atoms with E-state index in [1.165, 1.54) is 11.1 Å². The molecule has 1 atom stereocenters. The average Bonchev–Trinajstić information content (AvgIpc) is 2.55. The number of benzene rings is 2. The van der Waals surface area contributed by atoms with Gasteiger partial charge in [-0.05, 0) is 37.4 Å². The summed E-state index contributed by atoms with van der Waals surface area (Å²) in [6, 6.07) is 18.1. The molecule has 2 heteroatoms. The van der Waals surface area contributed by atoms with Gasteiger partial charge < -0.3 is 5.32 Å². The van der Waals surface area contributed by atoms with Crippen molar-refractivity contribution in [3.8, 4) is 0 Å². The zero-order chi connectivity index (χ0) is 15.1. The van der Waals surface area contributed by atoms with Gasteiger partial charge in [0.2, 0.25) is 0 Å². The lowest BCUT2D eigenvalue weighted by Crippen LogP contribution is -2.35. The van der Waals surface area contributed by atoms with Gasteiger partial charge in [0.25, 0.3) is 0 Å². The molecule has 0 aromatic heterocycles. The highest BCUT2D eigenvalue weighted by atomic mass is 16.1. The molecule has 21 heavy (non-hydrogen) atoms. The summed E-state index contributed by atoms with van der Waals surface area (Å²) in [4.78, 5) is 12.3. The summed E-state index contributed by atoms with van der Waals surface area (Å²) in [5, 5.41) is 3.31. The van der Waals surface area contributed by atoms with Crippen LogP contribution in [-0.2, 0) is 12.8 Å². The van der Waals surface area contributed by atoms with Gasteiger partial charge in [0.15, 0.2) is 5.78 Å². The van der Waals surface area contributed by atoms with E-state index in [2.05, 4.69) is 24.4 Å². The molecule has 0 spiro atoms. The average molecular weight is 281 g/mol. The van der Waals surface area contributed by atoms with Crippen LogP contribution in [0.2, 0.25) is 0 Å². The van der Waals surface area contributed by atoms with Crippen LogP contribution in [-0.4, -0.2) is 18.4 Å². The summed E-state index contributed by atoms with van der Waals surface area (Å²) in [5.41, 5.74) is 3.33. The fourth-order valence-corrected chi connectivity index (χ4v) is 2.33. The predicted molar refractivity (Wildman–Crippen MR) is 87.8 cm³/mol. The molecule has 0 bridgehead atoms. The quantitative estimate of drug-likeness (QED) is 0.785. The first-order valence-corrected chi connectivity index (χ1v) is 7.61. The maximum absolute atomic E-state index is 12.3. The Morgan fingerprint density at radius 1 is 1.00 bits per heavy atom. The van der Waals surface area contributed by atoms with Gasteiger partial charge in [-0.3, -0.25) is 4.79 Å². The van der Waals surface area contributed by atoms with E-state index in [1.807, 2.05) is 49.4 Å². The Bertz CT molecular complexity index is 560. The minimum atomic E-state index is -0.152. The van der Waals surface area contributed by atoms with Crippen molar-refractivity contribution in [1.82, 2.24) is 5.32 Å². The van der Waals surface area contributed by atoms with Crippen LogP contribution in [0.3, 0.4) is 0 Å². The minimum Gasteiger partial charge on any atom is -0.307 e. The molecule has 0 aliphatic heterocycles. The molecule has 0 aliphatic rings. The Labute approximate surface area is 127 Å². The normalized spacial score (nSPS) is 12.1. The Morgan fingerprint density at radius 2 is 1.67 bits per heavy atom. The van der Waals surface area contributed by atoms with E-state index >= 15 is 0 Å². The first kappa shape index (κ1) is 15.5. The van der Waals surface area contributed by atoms with E-state index < -0.39 is 0 Å². The number of ketones is 1. The second-order valence-electron chi connectivity index (χ2n) is 5.33. The molecule has 110 valence electrons. The molecule has 0 saturated heterocycles. The van der Waals surface area contributed by atoms with Crippen LogP contribution in [0.4, 0.5) is 0 Å². The van der Waals surface area contributed by atoms with Gasteiger partial charge in [0.1, 0.15) is 0 Å². The molecule has 0 saturated carbocycles. The van der Waals surface area contributed by atoms with Crippen LogP contribution in [0.5, 0.6) is 0 Å². The Kier molecular flexibility index (Phi) is 5.70. The zero-order valence-electron chi connectivity index (χ0n) is 12.8. The summed E-state index contributed by atoms with van der Waals surface area (Å²) in [6.45, 7) is 4.86. The van der Waals surface area contributed by atoms with E-state index in [1.54, 1.807) is 0 Å². The number of carbonyl (C=O) groups is 1. The second-order valence-corrected chi connectivity index (χ2v) is 5.33. The molecule has 0 fully saturated rings. The molecule has 0 radical (unpaired) electrons. The van der Waals surface area contributed by atoms with Gasteiger partial charge in [-0.2, -0.15) is 0 Å². The van der Waals surface area contributed by atoms with Crippen LogP contribution in [0.1, 0.15) is 35.3 Å². The van der Waals surface area contributed by atoms with Gasteiger partial charge in [0.05, 0.1) is 6.04 Å². The molecule has 2 aromatic rings. The number of aryl methyl sites for hydroxylation is 1. The molecular formula is C19H23NO.